The van der Waals surface area contributed by atoms with Gasteiger partial charge in [0.05, 0.1) is 5.69 Å². The molecule has 2 heterocycles. The lowest BCUT2D eigenvalue weighted by Gasteiger charge is -1.96. The van der Waals surface area contributed by atoms with Crippen molar-refractivity contribution in [2.45, 2.75) is 13.3 Å². The van der Waals surface area contributed by atoms with Gasteiger partial charge in [-0.15, -0.1) is 0 Å². The first-order valence-electron chi connectivity index (χ1n) is 4.36. The quantitative estimate of drug-likeness (QED) is 0.778. The van der Waals surface area contributed by atoms with Crippen molar-refractivity contribution in [3.05, 3.63) is 41.5 Å². The lowest BCUT2D eigenvalue weighted by molar-refractivity contribution is 0.532. The van der Waals surface area contributed by atoms with E-state index in [0.29, 0.717) is 6.42 Å². The third-order valence-electron chi connectivity index (χ3n) is 2.02. The Morgan fingerprint density at radius 2 is 2.07 bits per heavy atom. The van der Waals surface area contributed by atoms with Gasteiger partial charge in [-0.2, -0.15) is 4.98 Å². The Morgan fingerprint density at radius 1 is 1.36 bits per heavy atom. The van der Waals surface area contributed by atoms with Crippen molar-refractivity contribution in [2.24, 2.45) is 0 Å². The summed E-state index contributed by atoms with van der Waals surface area (Å²) >= 11 is 0. The van der Waals surface area contributed by atoms with Gasteiger partial charge in [-0.25, -0.2) is 0 Å². The van der Waals surface area contributed by atoms with Crippen molar-refractivity contribution < 1.29 is 4.42 Å². The predicted molar refractivity (Wildman–Crippen MR) is 52.7 cm³/mol. The minimum Gasteiger partial charge on any atom is -0.428 e. The normalized spacial score (nSPS) is 10.4. The molecule has 0 radical (unpaired) electrons. The summed E-state index contributed by atoms with van der Waals surface area (Å²) in [6.45, 7) is 1.89. The summed E-state index contributed by atoms with van der Waals surface area (Å²) in [5, 5.41) is 0. The molecule has 0 fully saturated rings. The second kappa shape index (κ2) is 3.49. The SMILES string of the molecule is Cc1nc(N)oc1Cc1ccncc1. The molecule has 2 N–H and O–H groups in total. The Bertz CT molecular complexity index is 422. The highest BCUT2D eigenvalue weighted by Gasteiger charge is 2.07. The fourth-order valence-electron chi connectivity index (χ4n) is 1.30. The summed E-state index contributed by atoms with van der Waals surface area (Å²) in [5.74, 6) is 0.814. The molecule has 2 aromatic heterocycles. The summed E-state index contributed by atoms with van der Waals surface area (Å²) in [4.78, 5) is 7.95. The fourth-order valence-corrected chi connectivity index (χ4v) is 1.30. The van der Waals surface area contributed by atoms with Crippen LogP contribution >= 0.6 is 0 Å². The van der Waals surface area contributed by atoms with E-state index >= 15 is 0 Å². The van der Waals surface area contributed by atoms with Crippen molar-refractivity contribution in [2.75, 3.05) is 5.73 Å². The van der Waals surface area contributed by atoms with Gasteiger partial charge in [0, 0.05) is 18.8 Å². The molecule has 0 amide bonds. The van der Waals surface area contributed by atoms with Crippen LogP contribution in [0.4, 0.5) is 6.01 Å². The lowest BCUT2D eigenvalue weighted by Crippen LogP contribution is -1.88. The van der Waals surface area contributed by atoms with Crippen LogP contribution in [0.1, 0.15) is 17.0 Å². The smallest absolute Gasteiger partial charge is 0.292 e. The van der Waals surface area contributed by atoms with Gasteiger partial charge in [0.2, 0.25) is 0 Å². The van der Waals surface area contributed by atoms with Gasteiger partial charge in [0.15, 0.2) is 0 Å². The highest BCUT2D eigenvalue weighted by atomic mass is 16.4. The van der Waals surface area contributed by atoms with Crippen LogP contribution in [0.2, 0.25) is 0 Å². The second-order valence-electron chi connectivity index (χ2n) is 3.09. The maximum absolute atomic E-state index is 5.44. The molecule has 2 rings (SSSR count). The van der Waals surface area contributed by atoms with Crippen LogP contribution in [0.25, 0.3) is 0 Å². The van der Waals surface area contributed by atoms with E-state index in [4.69, 9.17) is 10.2 Å². The maximum atomic E-state index is 5.44. The number of aryl methyl sites for hydroxylation is 1. The van der Waals surface area contributed by atoms with Crippen molar-refractivity contribution in [1.82, 2.24) is 9.97 Å². The van der Waals surface area contributed by atoms with Crippen LogP contribution in [0.15, 0.2) is 28.9 Å². The van der Waals surface area contributed by atoms with E-state index in [-0.39, 0.29) is 6.01 Å². The molecule has 0 spiro atoms. The molecular weight excluding hydrogens is 178 g/mol. The molecule has 0 saturated heterocycles. The molecule has 0 aliphatic carbocycles. The number of nitrogen functional groups attached to an aromatic ring is 1. The molecule has 14 heavy (non-hydrogen) atoms. The first kappa shape index (κ1) is 8.74. The van der Waals surface area contributed by atoms with E-state index in [9.17, 15) is 0 Å². The molecule has 0 atom stereocenters. The highest BCUT2D eigenvalue weighted by Crippen LogP contribution is 2.15. The van der Waals surface area contributed by atoms with Crippen molar-refractivity contribution in [3.63, 3.8) is 0 Å². The number of nitrogens with zero attached hydrogens (tertiary/aromatic N) is 2. The number of hydrogen-bond acceptors (Lipinski definition) is 4. The number of oxazole rings is 1. The first-order valence-corrected chi connectivity index (χ1v) is 4.36. The van der Waals surface area contributed by atoms with Gasteiger partial charge < -0.3 is 10.2 Å². The number of pyridine rings is 1. The van der Waals surface area contributed by atoms with Crippen LogP contribution in [0, 0.1) is 6.92 Å². The molecule has 72 valence electrons. The van der Waals surface area contributed by atoms with Gasteiger partial charge in [0.25, 0.3) is 6.01 Å². The van der Waals surface area contributed by atoms with Crippen LogP contribution in [-0.4, -0.2) is 9.97 Å². The second-order valence-corrected chi connectivity index (χ2v) is 3.09. The average molecular weight is 189 g/mol. The molecule has 0 unspecified atom stereocenters. The number of hydrogen-bond donors (Lipinski definition) is 1. The molecule has 4 nitrogen and oxygen atoms in total. The van der Waals surface area contributed by atoms with Crippen LogP contribution < -0.4 is 5.73 Å². The Morgan fingerprint density at radius 3 is 2.64 bits per heavy atom. The zero-order valence-electron chi connectivity index (χ0n) is 7.90. The molecule has 0 aliphatic rings. The van der Waals surface area contributed by atoms with Gasteiger partial charge in [-0.1, -0.05) is 0 Å². The van der Waals surface area contributed by atoms with Crippen LogP contribution in [-0.2, 0) is 6.42 Å². The van der Waals surface area contributed by atoms with E-state index in [2.05, 4.69) is 9.97 Å². The van der Waals surface area contributed by atoms with Crippen molar-refractivity contribution >= 4 is 6.01 Å². The predicted octanol–water partition coefficient (Wildman–Crippen LogP) is 1.55. The van der Waals surface area contributed by atoms with E-state index < -0.39 is 0 Å². The summed E-state index contributed by atoms with van der Waals surface area (Å²) in [7, 11) is 0. The third-order valence-corrected chi connectivity index (χ3v) is 2.02. The van der Waals surface area contributed by atoms with E-state index in [1.54, 1.807) is 12.4 Å². The minimum absolute atomic E-state index is 0.228. The first-order chi connectivity index (χ1) is 6.75. The van der Waals surface area contributed by atoms with Gasteiger partial charge in [0.1, 0.15) is 5.76 Å². The van der Waals surface area contributed by atoms with Gasteiger partial charge >= 0.3 is 0 Å². The summed E-state index contributed by atoms with van der Waals surface area (Å²) in [5.41, 5.74) is 7.43. The summed E-state index contributed by atoms with van der Waals surface area (Å²) < 4.78 is 5.26. The Balaban J connectivity index is 2.23. The zero-order valence-corrected chi connectivity index (χ0v) is 7.90. The molecule has 0 aromatic carbocycles. The standard InChI is InChI=1S/C10H11N3O/c1-7-9(14-10(11)13-7)6-8-2-4-12-5-3-8/h2-5H,6H2,1H3,(H2,11,13). The minimum atomic E-state index is 0.228. The Hall–Kier alpha value is -1.84. The molecule has 0 bridgehead atoms. The maximum Gasteiger partial charge on any atom is 0.292 e. The molecule has 0 saturated carbocycles. The highest BCUT2D eigenvalue weighted by molar-refractivity contribution is 5.24. The number of nitrogens with two attached hydrogens (primary N) is 1. The monoisotopic (exact) mass is 189 g/mol. The molecular formula is C10H11N3O. The largest absolute Gasteiger partial charge is 0.428 e. The number of anilines is 1. The number of aromatic nitrogens is 2. The molecule has 2 aromatic rings. The van der Waals surface area contributed by atoms with Gasteiger partial charge in [-0.3, -0.25) is 4.98 Å². The average Bonchev–Trinajstić information content (AvgIpc) is 2.47. The zero-order chi connectivity index (χ0) is 9.97. The number of rotatable bonds is 2. The summed E-state index contributed by atoms with van der Waals surface area (Å²) in [6.07, 6.45) is 4.22. The van der Waals surface area contributed by atoms with Gasteiger partial charge in [-0.05, 0) is 24.6 Å². The van der Waals surface area contributed by atoms with Crippen molar-refractivity contribution in [1.29, 1.82) is 0 Å². The molecule has 4 heteroatoms. The topological polar surface area (TPSA) is 64.9 Å². The Labute approximate surface area is 81.8 Å². The van der Waals surface area contributed by atoms with E-state index in [1.165, 1.54) is 0 Å². The molecule has 0 aliphatic heterocycles. The van der Waals surface area contributed by atoms with Crippen LogP contribution in [0.5, 0.6) is 0 Å². The van der Waals surface area contributed by atoms with Crippen molar-refractivity contribution in [3.8, 4) is 0 Å². The fraction of sp³-hybridized carbons (Fsp3) is 0.200. The Kier molecular flexibility index (Phi) is 2.18. The van der Waals surface area contributed by atoms with E-state index in [0.717, 1.165) is 17.0 Å². The van der Waals surface area contributed by atoms with Crippen LogP contribution in [0.3, 0.4) is 0 Å². The van der Waals surface area contributed by atoms with E-state index in [1.807, 2.05) is 19.1 Å². The third kappa shape index (κ3) is 1.74. The summed E-state index contributed by atoms with van der Waals surface area (Å²) in [6, 6.07) is 4.11. The lowest BCUT2D eigenvalue weighted by atomic mass is 10.1.